The predicted molar refractivity (Wildman–Crippen MR) is 145 cm³/mol. The maximum absolute atomic E-state index is 12.2. The van der Waals surface area contributed by atoms with Gasteiger partial charge >= 0.3 is 6.03 Å². The van der Waals surface area contributed by atoms with Crippen LogP contribution in [0.2, 0.25) is 10.0 Å². The molecule has 9 nitrogen and oxygen atoms in total. The Hall–Kier alpha value is -3.56. The van der Waals surface area contributed by atoms with Gasteiger partial charge in [0, 0.05) is 75.4 Å². The summed E-state index contributed by atoms with van der Waals surface area (Å²) in [7, 11) is 3.55. The summed E-state index contributed by atoms with van der Waals surface area (Å²) in [5.74, 6) is 1.55. The number of piperazine rings is 1. The van der Waals surface area contributed by atoms with Gasteiger partial charge in [-0.05, 0) is 37.3 Å². The number of hydrogen-bond acceptors (Lipinski definition) is 6. The first-order chi connectivity index (χ1) is 17.8. The smallest absolute Gasteiger partial charge is 0.319 e. The third-order valence-corrected chi connectivity index (χ3v) is 7.02. The Morgan fingerprint density at radius 2 is 1.78 bits per heavy atom. The van der Waals surface area contributed by atoms with Crippen LogP contribution < -0.4 is 9.64 Å². The molecule has 1 unspecified atom stereocenters. The molecule has 1 atom stereocenters. The molecule has 3 aromatic heterocycles. The number of pyridine rings is 2. The molecule has 1 aliphatic heterocycles. The van der Waals surface area contributed by atoms with E-state index in [1.165, 1.54) is 0 Å². The highest BCUT2D eigenvalue weighted by molar-refractivity contribution is 6.35. The highest BCUT2D eigenvalue weighted by Crippen LogP contribution is 2.35. The van der Waals surface area contributed by atoms with Crippen LogP contribution in [0, 0.1) is 0 Å². The molecular weight excluding hydrogens is 513 g/mol. The van der Waals surface area contributed by atoms with Crippen LogP contribution in [0.5, 0.6) is 5.75 Å². The standard InChI is InChI=1S/C26H27Cl2N7O2/c1-16(24-20(27)14-29-15-21(24)28)37-18-5-6-22-19(12-18)25(32-31-22)17-4-7-23(30-13-17)34-8-10-35(11-9-34)26(36)33(2)3/h4-7,12-16H,8-11H2,1-3H3,(H,31,32). The van der Waals surface area contributed by atoms with E-state index in [0.717, 1.165) is 41.1 Å². The van der Waals surface area contributed by atoms with E-state index < -0.39 is 0 Å². The maximum Gasteiger partial charge on any atom is 0.319 e. The fraction of sp³-hybridized carbons (Fsp3) is 0.308. The van der Waals surface area contributed by atoms with Gasteiger partial charge in [0.05, 0.1) is 15.6 Å². The molecule has 5 rings (SSSR count). The number of nitrogens with zero attached hydrogens (tertiary/aromatic N) is 6. The normalized spacial score (nSPS) is 14.6. The van der Waals surface area contributed by atoms with Crippen LogP contribution in [0.1, 0.15) is 18.6 Å². The Bertz CT molecular complexity index is 1400. The molecular formula is C26H27Cl2N7O2. The van der Waals surface area contributed by atoms with Crippen molar-refractivity contribution in [3.63, 3.8) is 0 Å². The average molecular weight is 540 g/mol. The minimum atomic E-state index is -0.370. The fourth-order valence-corrected chi connectivity index (χ4v) is 5.15. The number of hydrogen-bond donors (Lipinski definition) is 1. The van der Waals surface area contributed by atoms with Crippen LogP contribution >= 0.6 is 23.2 Å². The van der Waals surface area contributed by atoms with Crippen molar-refractivity contribution in [2.24, 2.45) is 0 Å². The Balaban J connectivity index is 1.32. The lowest BCUT2D eigenvalue weighted by atomic mass is 10.1. The van der Waals surface area contributed by atoms with Gasteiger partial charge in [-0.3, -0.25) is 10.1 Å². The van der Waals surface area contributed by atoms with Crippen molar-refractivity contribution in [1.29, 1.82) is 0 Å². The molecule has 4 heterocycles. The van der Waals surface area contributed by atoms with E-state index in [0.29, 0.717) is 34.4 Å². The van der Waals surface area contributed by atoms with Crippen LogP contribution in [0.3, 0.4) is 0 Å². The zero-order valence-electron chi connectivity index (χ0n) is 20.8. The first kappa shape index (κ1) is 25.1. The molecule has 2 amide bonds. The lowest BCUT2D eigenvalue weighted by Gasteiger charge is -2.36. The number of rotatable bonds is 5. The number of halogens is 2. The van der Waals surface area contributed by atoms with Gasteiger partial charge in [0.25, 0.3) is 0 Å². The van der Waals surface area contributed by atoms with Gasteiger partial charge in [0.2, 0.25) is 0 Å². The number of benzene rings is 1. The van der Waals surface area contributed by atoms with Gasteiger partial charge < -0.3 is 19.4 Å². The number of anilines is 1. The van der Waals surface area contributed by atoms with Gasteiger partial charge in [0.1, 0.15) is 23.4 Å². The van der Waals surface area contributed by atoms with E-state index in [2.05, 4.69) is 20.1 Å². The number of H-pyrrole nitrogens is 1. The van der Waals surface area contributed by atoms with Gasteiger partial charge in [-0.25, -0.2) is 9.78 Å². The molecule has 11 heteroatoms. The lowest BCUT2D eigenvalue weighted by Crippen LogP contribution is -2.51. The first-order valence-electron chi connectivity index (χ1n) is 11.9. The number of nitrogens with one attached hydrogen (secondary N) is 1. The highest BCUT2D eigenvalue weighted by Gasteiger charge is 2.23. The zero-order valence-corrected chi connectivity index (χ0v) is 22.3. The van der Waals surface area contributed by atoms with E-state index in [1.54, 1.807) is 31.4 Å². The summed E-state index contributed by atoms with van der Waals surface area (Å²) in [6.07, 6.45) is 4.57. The van der Waals surface area contributed by atoms with Crippen molar-refractivity contribution in [3.8, 4) is 17.0 Å². The minimum Gasteiger partial charge on any atom is -0.486 e. The van der Waals surface area contributed by atoms with Crippen molar-refractivity contribution < 1.29 is 9.53 Å². The Morgan fingerprint density at radius 3 is 2.43 bits per heavy atom. The largest absolute Gasteiger partial charge is 0.486 e. The number of aromatic nitrogens is 4. The van der Waals surface area contributed by atoms with Crippen molar-refractivity contribution in [2.45, 2.75) is 13.0 Å². The molecule has 1 saturated heterocycles. The second-order valence-electron chi connectivity index (χ2n) is 9.11. The first-order valence-corrected chi connectivity index (χ1v) is 12.7. The Morgan fingerprint density at radius 1 is 1.05 bits per heavy atom. The second kappa shape index (κ2) is 10.4. The topological polar surface area (TPSA) is 90.5 Å². The molecule has 1 N–H and O–H groups in total. The SMILES string of the molecule is CC(Oc1ccc2[nH]nc(-c3ccc(N4CCN(C(=O)N(C)C)CC4)nc3)c2c1)c1c(Cl)cncc1Cl. The molecule has 37 heavy (non-hydrogen) atoms. The maximum atomic E-state index is 12.2. The summed E-state index contributed by atoms with van der Waals surface area (Å²) in [6.45, 7) is 4.71. The summed E-state index contributed by atoms with van der Waals surface area (Å²) < 4.78 is 6.18. The highest BCUT2D eigenvalue weighted by atomic mass is 35.5. The molecule has 0 aliphatic carbocycles. The summed E-state index contributed by atoms with van der Waals surface area (Å²) >= 11 is 12.6. The molecule has 1 fully saturated rings. The fourth-order valence-electron chi connectivity index (χ4n) is 4.48. The molecule has 192 valence electrons. The predicted octanol–water partition coefficient (Wildman–Crippen LogP) is 5.27. The van der Waals surface area contributed by atoms with Crippen molar-refractivity contribution >= 4 is 46.0 Å². The van der Waals surface area contributed by atoms with E-state index in [-0.39, 0.29) is 12.1 Å². The van der Waals surface area contributed by atoms with Gasteiger partial charge in [-0.2, -0.15) is 5.10 Å². The van der Waals surface area contributed by atoms with Gasteiger partial charge in [-0.1, -0.05) is 23.2 Å². The molecule has 0 bridgehead atoms. The monoisotopic (exact) mass is 539 g/mol. The van der Waals surface area contributed by atoms with Crippen molar-refractivity contribution in [3.05, 3.63) is 64.5 Å². The quantitative estimate of drug-likeness (QED) is 0.371. The number of fused-ring (bicyclic) bond motifs is 1. The van der Waals surface area contributed by atoms with Crippen LogP contribution in [0.15, 0.2) is 48.9 Å². The number of urea groups is 1. The summed E-state index contributed by atoms with van der Waals surface area (Å²) in [6, 6.07) is 9.81. The third-order valence-electron chi connectivity index (χ3n) is 6.42. The zero-order chi connectivity index (χ0) is 26.1. The molecule has 4 aromatic rings. The summed E-state index contributed by atoms with van der Waals surface area (Å²) in [5, 5.41) is 9.45. The van der Waals surface area contributed by atoms with E-state index >= 15 is 0 Å². The Kier molecular flexibility index (Phi) is 7.08. The van der Waals surface area contributed by atoms with Crippen molar-refractivity contribution in [2.75, 3.05) is 45.2 Å². The summed E-state index contributed by atoms with van der Waals surface area (Å²) in [4.78, 5) is 26.5. The lowest BCUT2D eigenvalue weighted by molar-refractivity contribution is 0.168. The number of ether oxygens (including phenoxy) is 1. The number of carbonyl (C=O) groups is 1. The Labute approximate surface area is 225 Å². The van der Waals surface area contributed by atoms with E-state index in [4.69, 9.17) is 32.9 Å². The van der Waals surface area contributed by atoms with Crippen LogP contribution in [-0.2, 0) is 0 Å². The average Bonchev–Trinajstić information content (AvgIpc) is 3.31. The number of carbonyl (C=O) groups excluding carboxylic acids is 1. The molecule has 0 saturated carbocycles. The number of aromatic amines is 1. The molecule has 1 aliphatic rings. The third kappa shape index (κ3) is 5.14. The summed E-state index contributed by atoms with van der Waals surface area (Å²) in [5.41, 5.74) is 3.26. The minimum absolute atomic E-state index is 0.0399. The van der Waals surface area contributed by atoms with Gasteiger partial charge in [0.15, 0.2) is 0 Å². The molecule has 0 radical (unpaired) electrons. The van der Waals surface area contributed by atoms with Crippen LogP contribution in [-0.4, -0.2) is 76.3 Å². The van der Waals surface area contributed by atoms with Crippen LogP contribution in [0.4, 0.5) is 10.6 Å². The van der Waals surface area contributed by atoms with Crippen molar-refractivity contribution in [1.82, 2.24) is 30.0 Å². The van der Waals surface area contributed by atoms with Crippen LogP contribution in [0.25, 0.3) is 22.2 Å². The number of amides is 2. The van der Waals surface area contributed by atoms with Gasteiger partial charge in [-0.15, -0.1) is 0 Å². The van der Waals surface area contributed by atoms with E-state index in [9.17, 15) is 4.79 Å². The second-order valence-corrected chi connectivity index (χ2v) is 9.93. The molecule has 1 aromatic carbocycles. The van der Waals surface area contributed by atoms with E-state index in [1.807, 2.05) is 48.4 Å². The molecule has 0 spiro atoms.